The number of ether oxygens (including phenoxy) is 2. The number of hydrogen-bond donors (Lipinski definition) is 0. The molecule has 0 N–H and O–H groups in total. The standard InChI is InChI=1S/C21H31NO4/c1-11(2)6-15(12(3)4)19(23)25-18-8-17-13(5)16-7-14(18)9-21(16,10-22)20(24)26-17/h11-18H,6-9H2,1-5H3. The average Bonchev–Trinajstić information content (AvgIpc) is 2.93. The second-order valence-electron chi connectivity index (χ2n) is 9.38. The highest BCUT2D eigenvalue weighted by atomic mass is 16.6. The second kappa shape index (κ2) is 6.87. The Bertz CT molecular complexity index is 622. The molecule has 0 spiro atoms. The Balaban J connectivity index is 1.80. The molecule has 7 unspecified atom stereocenters. The first-order chi connectivity index (χ1) is 12.2. The van der Waals surface area contributed by atoms with Gasteiger partial charge in [0.05, 0.1) is 12.0 Å². The molecule has 5 heteroatoms. The van der Waals surface area contributed by atoms with Crippen molar-refractivity contribution in [2.24, 2.45) is 40.9 Å². The maximum atomic E-state index is 12.9. The summed E-state index contributed by atoms with van der Waals surface area (Å²) >= 11 is 0. The van der Waals surface area contributed by atoms with Crippen molar-refractivity contribution in [3.05, 3.63) is 0 Å². The van der Waals surface area contributed by atoms with Gasteiger partial charge in [-0.2, -0.15) is 5.26 Å². The van der Waals surface area contributed by atoms with Crippen molar-refractivity contribution in [2.75, 3.05) is 0 Å². The summed E-state index contributed by atoms with van der Waals surface area (Å²) in [4.78, 5) is 25.3. The smallest absolute Gasteiger partial charge is 0.327 e. The van der Waals surface area contributed by atoms with Crippen molar-refractivity contribution < 1.29 is 19.1 Å². The van der Waals surface area contributed by atoms with Gasteiger partial charge in [0, 0.05) is 6.42 Å². The van der Waals surface area contributed by atoms with Crippen LogP contribution in [0.4, 0.5) is 0 Å². The van der Waals surface area contributed by atoms with Crippen molar-refractivity contribution in [3.8, 4) is 6.07 Å². The molecule has 3 bridgehead atoms. The summed E-state index contributed by atoms with van der Waals surface area (Å²) in [5.41, 5.74) is -1.04. The number of esters is 2. The first-order valence-corrected chi connectivity index (χ1v) is 10.0. The van der Waals surface area contributed by atoms with Crippen LogP contribution in [0.2, 0.25) is 0 Å². The van der Waals surface area contributed by atoms with Gasteiger partial charge < -0.3 is 9.47 Å². The number of rotatable bonds is 5. The Labute approximate surface area is 156 Å². The molecule has 3 rings (SSSR count). The first-order valence-electron chi connectivity index (χ1n) is 10.0. The fraction of sp³-hybridized carbons (Fsp3) is 0.857. The molecule has 0 aromatic rings. The maximum absolute atomic E-state index is 12.9. The lowest BCUT2D eigenvalue weighted by atomic mass is 9.68. The quantitative estimate of drug-likeness (QED) is 0.698. The molecular formula is C21H31NO4. The van der Waals surface area contributed by atoms with Crippen LogP contribution in [0.5, 0.6) is 0 Å². The molecule has 1 saturated heterocycles. The van der Waals surface area contributed by atoms with Crippen LogP contribution in [0.1, 0.15) is 60.3 Å². The van der Waals surface area contributed by atoms with Crippen molar-refractivity contribution in [1.29, 1.82) is 5.26 Å². The van der Waals surface area contributed by atoms with E-state index in [0.29, 0.717) is 18.8 Å². The zero-order valence-electron chi connectivity index (χ0n) is 16.5. The molecule has 0 aromatic heterocycles. The van der Waals surface area contributed by atoms with E-state index in [0.717, 1.165) is 12.8 Å². The van der Waals surface area contributed by atoms with Crippen molar-refractivity contribution in [3.63, 3.8) is 0 Å². The van der Waals surface area contributed by atoms with Crippen LogP contribution in [-0.4, -0.2) is 24.1 Å². The van der Waals surface area contributed by atoms with Gasteiger partial charge in [0.1, 0.15) is 12.2 Å². The van der Waals surface area contributed by atoms with E-state index in [1.54, 1.807) is 0 Å². The number of fused-ring (bicyclic) bond motifs is 2. The average molecular weight is 361 g/mol. The van der Waals surface area contributed by atoms with Gasteiger partial charge >= 0.3 is 11.9 Å². The second-order valence-corrected chi connectivity index (χ2v) is 9.38. The molecule has 1 heterocycles. The van der Waals surface area contributed by atoms with E-state index in [4.69, 9.17) is 9.47 Å². The molecule has 2 saturated carbocycles. The van der Waals surface area contributed by atoms with Gasteiger partial charge in [-0.25, -0.2) is 0 Å². The zero-order valence-corrected chi connectivity index (χ0v) is 16.5. The van der Waals surface area contributed by atoms with Gasteiger partial charge in [0.15, 0.2) is 5.41 Å². The van der Waals surface area contributed by atoms with Gasteiger partial charge in [-0.15, -0.1) is 0 Å². The molecule has 3 aliphatic rings. The maximum Gasteiger partial charge on any atom is 0.327 e. The third-order valence-electron chi connectivity index (χ3n) is 6.91. The van der Waals surface area contributed by atoms with Gasteiger partial charge in [0.25, 0.3) is 0 Å². The summed E-state index contributed by atoms with van der Waals surface area (Å²) in [6.07, 6.45) is 2.10. The van der Waals surface area contributed by atoms with Crippen LogP contribution < -0.4 is 0 Å². The van der Waals surface area contributed by atoms with Gasteiger partial charge in [-0.3, -0.25) is 9.59 Å². The summed E-state index contributed by atoms with van der Waals surface area (Å²) < 4.78 is 11.6. The van der Waals surface area contributed by atoms with E-state index < -0.39 is 5.41 Å². The lowest BCUT2D eigenvalue weighted by Gasteiger charge is -2.42. The van der Waals surface area contributed by atoms with Crippen LogP contribution in [0, 0.1) is 52.3 Å². The minimum atomic E-state index is -1.04. The Morgan fingerprint density at radius 2 is 2.04 bits per heavy atom. The number of nitrogens with zero attached hydrogens (tertiary/aromatic N) is 1. The lowest BCUT2D eigenvalue weighted by molar-refractivity contribution is -0.184. The zero-order chi connectivity index (χ0) is 19.2. The van der Waals surface area contributed by atoms with Crippen LogP contribution >= 0.6 is 0 Å². The predicted molar refractivity (Wildman–Crippen MR) is 95.6 cm³/mol. The molecule has 0 amide bonds. The molecule has 1 aliphatic heterocycles. The van der Waals surface area contributed by atoms with E-state index in [1.807, 2.05) is 0 Å². The van der Waals surface area contributed by atoms with E-state index in [-0.39, 0.29) is 53.7 Å². The largest absolute Gasteiger partial charge is 0.462 e. The normalized spacial score (nSPS) is 39.5. The highest BCUT2D eigenvalue weighted by molar-refractivity contribution is 5.82. The summed E-state index contributed by atoms with van der Waals surface area (Å²) in [6.45, 7) is 10.4. The summed E-state index contributed by atoms with van der Waals surface area (Å²) in [5, 5.41) is 9.74. The summed E-state index contributed by atoms with van der Waals surface area (Å²) in [7, 11) is 0. The first kappa shape index (κ1) is 19.2. The minimum Gasteiger partial charge on any atom is -0.462 e. The van der Waals surface area contributed by atoms with Crippen LogP contribution in [0.15, 0.2) is 0 Å². The molecule has 3 fully saturated rings. The molecule has 2 aliphatic carbocycles. The third kappa shape index (κ3) is 3.02. The third-order valence-corrected chi connectivity index (χ3v) is 6.91. The van der Waals surface area contributed by atoms with E-state index >= 15 is 0 Å². The van der Waals surface area contributed by atoms with Gasteiger partial charge in [-0.1, -0.05) is 34.6 Å². The molecule has 144 valence electrons. The van der Waals surface area contributed by atoms with Crippen LogP contribution in [0.25, 0.3) is 0 Å². The molecular weight excluding hydrogens is 330 g/mol. The van der Waals surface area contributed by atoms with E-state index in [2.05, 4.69) is 40.7 Å². The lowest BCUT2D eigenvalue weighted by Crippen LogP contribution is -2.51. The van der Waals surface area contributed by atoms with Crippen molar-refractivity contribution >= 4 is 11.9 Å². The van der Waals surface area contributed by atoms with E-state index in [1.165, 1.54) is 0 Å². The fourth-order valence-corrected chi connectivity index (χ4v) is 5.35. The Morgan fingerprint density at radius 1 is 1.35 bits per heavy atom. The highest BCUT2D eigenvalue weighted by Crippen LogP contribution is 2.58. The van der Waals surface area contributed by atoms with Crippen molar-refractivity contribution in [1.82, 2.24) is 0 Å². The highest BCUT2D eigenvalue weighted by Gasteiger charge is 2.64. The number of nitriles is 1. The van der Waals surface area contributed by atoms with Gasteiger partial charge in [-0.05, 0) is 48.9 Å². The number of carbonyl (C=O) groups is 2. The van der Waals surface area contributed by atoms with Crippen LogP contribution in [0.3, 0.4) is 0 Å². The summed E-state index contributed by atoms with van der Waals surface area (Å²) in [6, 6.07) is 2.27. The Kier molecular flexibility index (Phi) is 5.07. The molecule has 0 radical (unpaired) electrons. The molecule has 7 atom stereocenters. The number of hydrogen-bond acceptors (Lipinski definition) is 5. The Hall–Kier alpha value is -1.57. The minimum absolute atomic E-state index is 0.0176. The van der Waals surface area contributed by atoms with E-state index in [9.17, 15) is 14.9 Å². The Morgan fingerprint density at radius 3 is 2.62 bits per heavy atom. The van der Waals surface area contributed by atoms with Crippen LogP contribution in [-0.2, 0) is 19.1 Å². The predicted octanol–water partition coefficient (Wildman–Crippen LogP) is 3.72. The topological polar surface area (TPSA) is 76.4 Å². The summed E-state index contributed by atoms with van der Waals surface area (Å²) in [5.74, 6) is 0.282. The van der Waals surface area contributed by atoms with Crippen molar-refractivity contribution in [2.45, 2.75) is 72.5 Å². The fourth-order valence-electron chi connectivity index (χ4n) is 5.35. The monoisotopic (exact) mass is 361 g/mol. The molecule has 5 nitrogen and oxygen atoms in total. The molecule has 26 heavy (non-hydrogen) atoms. The van der Waals surface area contributed by atoms with Gasteiger partial charge in [0.2, 0.25) is 0 Å². The SMILES string of the molecule is CC(C)CC(C(=O)OC1CC2OC(=O)C3(C#N)CC1CC3C2C)C(C)C. The number of carbonyl (C=O) groups excluding carboxylic acids is 2. The molecule has 0 aromatic carbocycles.